The Labute approximate surface area is 97.6 Å². The quantitative estimate of drug-likeness (QED) is 0.575. The summed E-state index contributed by atoms with van der Waals surface area (Å²) in [7, 11) is 0. The fourth-order valence-corrected chi connectivity index (χ4v) is 1.16. The minimum Gasteiger partial charge on any atom is -0.481 e. The molecular formula is C10H13N3O4. The maximum atomic E-state index is 10.5. The Morgan fingerprint density at radius 1 is 1.65 bits per heavy atom. The average Bonchev–Trinajstić information content (AvgIpc) is 2.29. The molecule has 0 amide bonds. The first kappa shape index (κ1) is 12.9. The average molecular weight is 239 g/mol. The highest BCUT2D eigenvalue weighted by atomic mass is 16.6. The van der Waals surface area contributed by atoms with E-state index in [1.165, 1.54) is 18.3 Å². The van der Waals surface area contributed by atoms with Crippen molar-refractivity contribution in [1.29, 1.82) is 0 Å². The molecule has 0 spiro atoms. The molecule has 0 aromatic carbocycles. The van der Waals surface area contributed by atoms with Crippen molar-refractivity contribution in [2.45, 2.75) is 13.3 Å². The lowest BCUT2D eigenvalue weighted by Gasteiger charge is -2.07. The van der Waals surface area contributed by atoms with E-state index >= 15 is 0 Å². The molecule has 0 saturated heterocycles. The van der Waals surface area contributed by atoms with Crippen LogP contribution in [0.1, 0.15) is 13.3 Å². The first-order valence-corrected chi connectivity index (χ1v) is 5.08. The molecule has 17 heavy (non-hydrogen) atoms. The first-order valence-electron chi connectivity index (χ1n) is 5.08. The zero-order valence-corrected chi connectivity index (χ0v) is 9.29. The third-order valence-electron chi connectivity index (χ3n) is 2.26. The Balaban J connectivity index is 2.42. The molecule has 1 rings (SSSR count). The molecule has 1 aromatic heterocycles. The lowest BCUT2D eigenvalue weighted by Crippen LogP contribution is -2.14. The molecule has 92 valence electrons. The van der Waals surface area contributed by atoms with E-state index in [1.54, 1.807) is 6.92 Å². The standard InChI is InChI=1S/C10H13N3O4/c1-7(10(14)15)4-5-11-8-2-3-9(12-6-8)13(16)17/h2-3,6-7,11H,4-5H2,1H3,(H,14,15). The molecule has 0 aliphatic rings. The molecule has 7 heteroatoms. The zero-order valence-electron chi connectivity index (χ0n) is 9.29. The van der Waals surface area contributed by atoms with Crippen molar-refractivity contribution in [3.8, 4) is 0 Å². The Kier molecular flexibility index (Phi) is 4.38. The van der Waals surface area contributed by atoms with Crippen molar-refractivity contribution in [1.82, 2.24) is 4.98 Å². The van der Waals surface area contributed by atoms with Crippen LogP contribution < -0.4 is 5.32 Å². The summed E-state index contributed by atoms with van der Waals surface area (Å²) in [5, 5.41) is 22.0. The Morgan fingerprint density at radius 3 is 2.82 bits per heavy atom. The molecule has 7 nitrogen and oxygen atoms in total. The molecule has 2 N–H and O–H groups in total. The summed E-state index contributed by atoms with van der Waals surface area (Å²) in [6.07, 6.45) is 1.83. The summed E-state index contributed by atoms with van der Waals surface area (Å²) in [6, 6.07) is 2.83. The molecule has 0 aliphatic carbocycles. The van der Waals surface area contributed by atoms with Crippen molar-refractivity contribution < 1.29 is 14.8 Å². The predicted octanol–water partition coefficient (Wildman–Crippen LogP) is 1.51. The van der Waals surface area contributed by atoms with Gasteiger partial charge >= 0.3 is 11.8 Å². The van der Waals surface area contributed by atoms with E-state index in [4.69, 9.17) is 5.11 Å². The van der Waals surface area contributed by atoms with Gasteiger partial charge in [0, 0.05) is 12.6 Å². The topological polar surface area (TPSA) is 105 Å². The summed E-state index contributed by atoms with van der Waals surface area (Å²) in [5.74, 6) is -1.48. The van der Waals surface area contributed by atoms with Crippen LogP contribution in [0.15, 0.2) is 18.3 Å². The number of nitro groups is 1. The van der Waals surface area contributed by atoms with E-state index in [0.29, 0.717) is 18.7 Å². The molecule has 1 unspecified atom stereocenters. The minimum atomic E-state index is -0.839. The number of hydrogen-bond donors (Lipinski definition) is 2. The number of nitrogens with zero attached hydrogens (tertiary/aromatic N) is 2. The highest BCUT2D eigenvalue weighted by molar-refractivity contribution is 5.69. The van der Waals surface area contributed by atoms with Gasteiger partial charge in [0.15, 0.2) is 6.20 Å². The number of carboxylic acid groups (broad SMARTS) is 1. The molecule has 0 aliphatic heterocycles. The third-order valence-corrected chi connectivity index (χ3v) is 2.26. The first-order chi connectivity index (χ1) is 8.00. The van der Waals surface area contributed by atoms with Gasteiger partial charge in [-0.05, 0) is 22.4 Å². The van der Waals surface area contributed by atoms with Gasteiger partial charge in [-0.1, -0.05) is 6.92 Å². The van der Waals surface area contributed by atoms with E-state index in [0.717, 1.165) is 0 Å². The van der Waals surface area contributed by atoms with Gasteiger partial charge in [-0.25, -0.2) is 0 Å². The van der Waals surface area contributed by atoms with Crippen LogP contribution in [0.2, 0.25) is 0 Å². The number of pyridine rings is 1. The summed E-state index contributed by atoms with van der Waals surface area (Å²) < 4.78 is 0. The largest absolute Gasteiger partial charge is 0.481 e. The number of carbonyl (C=O) groups is 1. The minimum absolute atomic E-state index is 0.213. The van der Waals surface area contributed by atoms with E-state index in [-0.39, 0.29) is 5.82 Å². The van der Waals surface area contributed by atoms with Crippen LogP contribution in [0.5, 0.6) is 0 Å². The Bertz CT molecular complexity index is 405. The molecule has 1 aromatic rings. The lowest BCUT2D eigenvalue weighted by molar-refractivity contribution is -0.389. The van der Waals surface area contributed by atoms with Gasteiger partial charge in [0.25, 0.3) is 0 Å². The van der Waals surface area contributed by atoms with E-state index < -0.39 is 16.8 Å². The van der Waals surface area contributed by atoms with Crippen LogP contribution >= 0.6 is 0 Å². The number of rotatable bonds is 6. The smallest absolute Gasteiger partial charge is 0.363 e. The third kappa shape index (κ3) is 4.06. The highest BCUT2D eigenvalue weighted by Gasteiger charge is 2.10. The maximum Gasteiger partial charge on any atom is 0.363 e. The van der Waals surface area contributed by atoms with Gasteiger partial charge in [0.1, 0.15) is 0 Å². The van der Waals surface area contributed by atoms with Gasteiger partial charge in [0.2, 0.25) is 0 Å². The Hall–Kier alpha value is -2.18. The molecular weight excluding hydrogens is 226 g/mol. The molecule has 1 atom stereocenters. The number of anilines is 1. The number of hydrogen-bond acceptors (Lipinski definition) is 5. The van der Waals surface area contributed by atoms with Crippen molar-refractivity contribution in [2.24, 2.45) is 5.92 Å². The van der Waals surface area contributed by atoms with Crippen LogP contribution in [-0.2, 0) is 4.79 Å². The molecule has 0 fully saturated rings. The summed E-state index contributed by atoms with van der Waals surface area (Å²) >= 11 is 0. The van der Waals surface area contributed by atoms with Crippen LogP contribution in [0.25, 0.3) is 0 Å². The second-order valence-corrected chi connectivity index (χ2v) is 3.62. The van der Waals surface area contributed by atoms with Gasteiger partial charge in [-0.2, -0.15) is 0 Å². The monoisotopic (exact) mass is 239 g/mol. The molecule has 0 saturated carbocycles. The lowest BCUT2D eigenvalue weighted by atomic mass is 10.1. The summed E-state index contributed by atoms with van der Waals surface area (Å²) in [5.41, 5.74) is 0.633. The van der Waals surface area contributed by atoms with Gasteiger partial charge in [0.05, 0.1) is 11.6 Å². The molecule has 1 heterocycles. The maximum absolute atomic E-state index is 10.5. The van der Waals surface area contributed by atoms with Crippen molar-refractivity contribution in [2.75, 3.05) is 11.9 Å². The van der Waals surface area contributed by atoms with E-state index in [1.807, 2.05) is 0 Å². The van der Waals surface area contributed by atoms with Crippen LogP contribution in [0.4, 0.5) is 11.5 Å². The van der Waals surface area contributed by atoms with Crippen LogP contribution in [-0.4, -0.2) is 27.5 Å². The molecule has 0 radical (unpaired) electrons. The SMILES string of the molecule is CC(CCNc1ccc([N+](=O)[O-])nc1)C(=O)O. The van der Waals surface area contributed by atoms with Crippen molar-refractivity contribution in [3.63, 3.8) is 0 Å². The molecule has 0 bridgehead atoms. The number of carboxylic acids is 1. The number of aliphatic carboxylic acids is 1. The van der Waals surface area contributed by atoms with Gasteiger partial charge < -0.3 is 20.5 Å². The van der Waals surface area contributed by atoms with E-state index in [9.17, 15) is 14.9 Å². The number of nitrogens with one attached hydrogen (secondary N) is 1. The van der Waals surface area contributed by atoms with Gasteiger partial charge in [-0.3, -0.25) is 4.79 Å². The Morgan fingerprint density at radius 2 is 2.35 bits per heavy atom. The number of aromatic nitrogens is 1. The summed E-state index contributed by atoms with van der Waals surface area (Å²) in [4.78, 5) is 24.0. The van der Waals surface area contributed by atoms with Crippen LogP contribution in [0, 0.1) is 16.0 Å². The fraction of sp³-hybridized carbons (Fsp3) is 0.400. The van der Waals surface area contributed by atoms with Crippen molar-refractivity contribution in [3.05, 3.63) is 28.4 Å². The predicted molar refractivity (Wildman–Crippen MR) is 60.8 cm³/mol. The highest BCUT2D eigenvalue weighted by Crippen LogP contribution is 2.12. The van der Waals surface area contributed by atoms with E-state index in [2.05, 4.69) is 10.3 Å². The second kappa shape index (κ2) is 5.78. The zero-order chi connectivity index (χ0) is 12.8. The second-order valence-electron chi connectivity index (χ2n) is 3.62. The summed E-state index contributed by atoms with van der Waals surface area (Å²) in [6.45, 7) is 2.10. The normalized spacial score (nSPS) is 11.8. The fourth-order valence-electron chi connectivity index (χ4n) is 1.16. The van der Waals surface area contributed by atoms with Gasteiger partial charge in [-0.15, -0.1) is 0 Å². The van der Waals surface area contributed by atoms with Crippen LogP contribution in [0.3, 0.4) is 0 Å². The van der Waals surface area contributed by atoms with Crippen molar-refractivity contribution >= 4 is 17.5 Å².